The number of rotatable bonds is 18. The van der Waals surface area contributed by atoms with Crippen molar-refractivity contribution in [2.75, 3.05) is 0 Å². The summed E-state index contributed by atoms with van der Waals surface area (Å²) in [6.07, 6.45) is 19.1. The summed E-state index contributed by atoms with van der Waals surface area (Å²) in [4.78, 5) is 10.5. The van der Waals surface area contributed by atoms with E-state index in [1.807, 2.05) is 0 Å². The topological polar surface area (TPSA) is 24.7 Å². The molecule has 3 heteroatoms. The largest absolute Gasteiger partial charge is 0.252 e. The first kappa shape index (κ1) is 34.5. The second kappa shape index (κ2) is 20.4. The number of aliphatic imine (C=N–C) groups is 2. The summed E-state index contributed by atoms with van der Waals surface area (Å²) in [5.41, 5.74) is 9.77. The summed E-state index contributed by atoms with van der Waals surface area (Å²) in [6.45, 7) is 13.3. The molecule has 2 nitrogen and oxygen atoms in total. The van der Waals surface area contributed by atoms with Crippen molar-refractivity contribution in [3.05, 3.63) is 58.7 Å². The Hall–Kier alpha value is -1.56. The molecule has 0 aliphatic rings. The third-order valence-electron chi connectivity index (χ3n) is 7.63. The molecule has 0 atom stereocenters. The maximum Gasteiger partial charge on any atom is 0.0636 e. The van der Waals surface area contributed by atoms with Crippen molar-refractivity contribution >= 4 is 22.8 Å². The van der Waals surface area contributed by atoms with Gasteiger partial charge in [0.05, 0.1) is 22.8 Å². The van der Waals surface area contributed by atoms with Crippen LogP contribution in [0.3, 0.4) is 0 Å². The van der Waals surface area contributed by atoms with Crippen LogP contribution < -0.4 is 0 Å². The van der Waals surface area contributed by atoms with Crippen molar-refractivity contribution in [2.45, 2.75) is 138 Å². The Bertz CT molecular complexity index is 989. The molecule has 2 aromatic carbocycles. The molecule has 0 saturated carbocycles. The summed E-state index contributed by atoms with van der Waals surface area (Å²) < 4.78 is 0. The van der Waals surface area contributed by atoms with Gasteiger partial charge in [0.15, 0.2) is 0 Å². The third kappa shape index (κ3) is 13.5. The molecule has 0 aliphatic heterocycles. The SMILES string of the molecule is CCCCCCCCCCCC(=Nc1ccc(C)c(C)c1)C(CCCCCC)=Nc1ccc(C)c(C)c1.[Pd]. The fourth-order valence-electron chi connectivity index (χ4n) is 4.75. The molecule has 2 rings (SSSR count). The van der Waals surface area contributed by atoms with Crippen LogP contribution in [0.1, 0.15) is 132 Å². The fourth-order valence-corrected chi connectivity index (χ4v) is 4.75. The van der Waals surface area contributed by atoms with Gasteiger partial charge in [-0.1, -0.05) is 96.6 Å². The zero-order valence-electron chi connectivity index (χ0n) is 25.3. The first-order valence-electron chi connectivity index (χ1n) is 15.2. The van der Waals surface area contributed by atoms with Crippen molar-refractivity contribution in [1.82, 2.24) is 0 Å². The maximum atomic E-state index is 5.25. The van der Waals surface area contributed by atoms with E-state index in [0.717, 1.165) is 24.2 Å². The van der Waals surface area contributed by atoms with Crippen LogP contribution in [-0.2, 0) is 20.4 Å². The van der Waals surface area contributed by atoms with Crippen LogP contribution in [0.5, 0.6) is 0 Å². The minimum Gasteiger partial charge on any atom is -0.252 e. The van der Waals surface area contributed by atoms with Gasteiger partial charge in [0.25, 0.3) is 0 Å². The van der Waals surface area contributed by atoms with Crippen LogP contribution >= 0.6 is 0 Å². The van der Waals surface area contributed by atoms with E-state index in [2.05, 4.69) is 77.9 Å². The Morgan fingerprint density at radius 3 is 1.18 bits per heavy atom. The summed E-state index contributed by atoms with van der Waals surface area (Å²) >= 11 is 0. The number of hydrogen-bond acceptors (Lipinski definition) is 2. The van der Waals surface area contributed by atoms with E-state index in [-0.39, 0.29) is 20.4 Å². The summed E-state index contributed by atoms with van der Waals surface area (Å²) in [6, 6.07) is 13.2. The monoisotopic (exact) mass is 608 g/mol. The van der Waals surface area contributed by atoms with Crippen LogP contribution in [-0.4, -0.2) is 11.4 Å². The molecule has 0 amide bonds. The minimum atomic E-state index is 0. The number of nitrogens with zero attached hydrogens (tertiary/aromatic N) is 2. The molecule has 214 valence electrons. The molecular weight excluding hydrogens is 555 g/mol. The first-order valence-corrected chi connectivity index (χ1v) is 15.2. The van der Waals surface area contributed by atoms with Crippen LogP contribution in [0.4, 0.5) is 11.4 Å². The predicted molar refractivity (Wildman–Crippen MR) is 167 cm³/mol. The van der Waals surface area contributed by atoms with Gasteiger partial charge in [-0.05, 0) is 99.9 Å². The maximum absolute atomic E-state index is 5.25. The number of unbranched alkanes of at least 4 members (excludes halogenated alkanes) is 11. The number of aryl methyl sites for hydroxylation is 4. The van der Waals surface area contributed by atoms with Gasteiger partial charge < -0.3 is 0 Å². The van der Waals surface area contributed by atoms with E-state index in [9.17, 15) is 0 Å². The molecule has 0 aliphatic carbocycles. The van der Waals surface area contributed by atoms with Crippen LogP contribution in [0.15, 0.2) is 46.4 Å². The molecule has 38 heavy (non-hydrogen) atoms. The van der Waals surface area contributed by atoms with Gasteiger partial charge >= 0.3 is 0 Å². The Morgan fingerprint density at radius 1 is 0.474 bits per heavy atom. The molecule has 0 fully saturated rings. The van der Waals surface area contributed by atoms with Gasteiger partial charge in [0.1, 0.15) is 0 Å². The van der Waals surface area contributed by atoms with Gasteiger partial charge in [-0.3, -0.25) is 9.98 Å². The molecule has 0 aromatic heterocycles. The molecular formula is C35H54N2Pd. The van der Waals surface area contributed by atoms with Gasteiger partial charge in [-0.25, -0.2) is 0 Å². The molecule has 0 N–H and O–H groups in total. The van der Waals surface area contributed by atoms with Crippen LogP contribution in [0.25, 0.3) is 0 Å². The second-order valence-electron chi connectivity index (χ2n) is 11.0. The van der Waals surface area contributed by atoms with E-state index in [1.165, 1.54) is 117 Å². The summed E-state index contributed by atoms with van der Waals surface area (Å²) in [5.74, 6) is 0. The fraction of sp³-hybridized carbons (Fsp3) is 0.600. The third-order valence-corrected chi connectivity index (χ3v) is 7.63. The Kier molecular flexibility index (Phi) is 18.5. The van der Waals surface area contributed by atoms with Crippen molar-refractivity contribution in [2.24, 2.45) is 9.98 Å². The normalized spacial score (nSPS) is 12.1. The quantitative estimate of drug-likeness (QED) is 0.0913. The first-order chi connectivity index (χ1) is 17.9. The van der Waals surface area contributed by atoms with Gasteiger partial charge in [-0.15, -0.1) is 0 Å². The number of hydrogen-bond donors (Lipinski definition) is 0. The molecule has 0 saturated heterocycles. The van der Waals surface area contributed by atoms with E-state index in [1.54, 1.807) is 0 Å². The van der Waals surface area contributed by atoms with E-state index >= 15 is 0 Å². The van der Waals surface area contributed by atoms with Gasteiger partial charge in [0.2, 0.25) is 0 Å². The van der Waals surface area contributed by atoms with Crippen molar-refractivity contribution in [3.8, 4) is 0 Å². The Balaban J connectivity index is 0.00000722. The standard InChI is InChI=1S/C35H54N2.Pd/c1-7-9-11-13-14-15-16-17-19-21-35(37-33-25-23-29(4)31(6)27-33)34(20-18-12-10-8-2)36-32-24-22-28(3)30(5)26-32;/h22-27H,7-21H2,1-6H3;. The van der Waals surface area contributed by atoms with Crippen LogP contribution in [0.2, 0.25) is 0 Å². The van der Waals surface area contributed by atoms with E-state index in [4.69, 9.17) is 9.98 Å². The molecule has 0 bridgehead atoms. The Morgan fingerprint density at radius 2 is 0.816 bits per heavy atom. The van der Waals surface area contributed by atoms with Gasteiger partial charge in [-0.2, -0.15) is 0 Å². The van der Waals surface area contributed by atoms with E-state index in [0.29, 0.717) is 0 Å². The van der Waals surface area contributed by atoms with Gasteiger partial charge in [0, 0.05) is 20.4 Å². The average Bonchev–Trinajstić information content (AvgIpc) is 2.88. The number of benzene rings is 2. The summed E-state index contributed by atoms with van der Waals surface area (Å²) in [7, 11) is 0. The minimum absolute atomic E-state index is 0. The molecule has 0 spiro atoms. The molecule has 0 radical (unpaired) electrons. The Labute approximate surface area is 248 Å². The zero-order valence-corrected chi connectivity index (χ0v) is 26.8. The predicted octanol–water partition coefficient (Wildman–Crippen LogP) is 11.7. The molecule has 0 unspecified atom stereocenters. The average molecular weight is 609 g/mol. The molecule has 2 aromatic rings. The van der Waals surface area contributed by atoms with Crippen molar-refractivity contribution in [3.63, 3.8) is 0 Å². The van der Waals surface area contributed by atoms with Crippen LogP contribution in [0, 0.1) is 27.7 Å². The van der Waals surface area contributed by atoms with E-state index < -0.39 is 0 Å². The smallest absolute Gasteiger partial charge is 0.0636 e. The van der Waals surface area contributed by atoms with Crippen molar-refractivity contribution in [1.29, 1.82) is 0 Å². The summed E-state index contributed by atoms with van der Waals surface area (Å²) in [5, 5.41) is 0. The zero-order chi connectivity index (χ0) is 26.9. The molecule has 0 heterocycles. The second-order valence-corrected chi connectivity index (χ2v) is 11.0. The van der Waals surface area contributed by atoms with Crippen molar-refractivity contribution < 1.29 is 20.4 Å².